The summed E-state index contributed by atoms with van der Waals surface area (Å²) in [6.45, 7) is 7.30. The molecule has 0 radical (unpaired) electrons. The van der Waals surface area contributed by atoms with Gasteiger partial charge in [-0.2, -0.15) is 0 Å². The molecule has 1 aromatic rings. The molecule has 14 heavy (non-hydrogen) atoms. The fourth-order valence-electron chi connectivity index (χ4n) is 1.39. The molecule has 4 heteroatoms. The van der Waals surface area contributed by atoms with Gasteiger partial charge >= 0.3 is 0 Å². The Morgan fingerprint density at radius 3 is 2.36 bits per heavy atom. The van der Waals surface area contributed by atoms with E-state index in [2.05, 4.69) is 10.3 Å². The number of carbonyl (C=O) groups is 1. The first-order valence-corrected chi connectivity index (χ1v) is 4.23. The van der Waals surface area contributed by atoms with Gasteiger partial charge in [-0.1, -0.05) is 0 Å². The quantitative estimate of drug-likeness (QED) is 0.780. The maximum Gasteiger partial charge on any atom is 0.221 e. The average molecular weight is 215 g/mol. The van der Waals surface area contributed by atoms with Gasteiger partial charge in [0.1, 0.15) is 0 Å². The number of pyridine rings is 1. The molecule has 0 bridgehead atoms. The van der Waals surface area contributed by atoms with Crippen molar-refractivity contribution in [2.24, 2.45) is 0 Å². The summed E-state index contributed by atoms with van der Waals surface area (Å²) < 4.78 is 0. The zero-order chi connectivity index (χ0) is 10.0. The predicted molar refractivity (Wildman–Crippen MR) is 60.0 cm³/mol. The molecule has 0 fully saturated rings. The number of halogens is 1. The minimum Gasteiger partial charge on any atom is -0.325 e. The maximum absolute atomic E-state index is 10.9. The number of carbonyl (C=O) groups excluding carboxylic acids is 1. The molecule has 0 saturated heterocycles. The topological polar surface area (TPSA) is 42.0 Å². The van der Waals surface area contributed by atoms with Crippen molar-refractivity contribution >= 4 is 24.0 Å². The third-order valence-electron chi connectivity index (χ3n) is 1.83. The van der Waals surface area contributed by atoms with E-state index in [4.69, 9.17) is 0 Å². The molecular formula is C10H15ClN2O. The lowest BCUT2D eigenvalue weighted by Gasteiger charge is -2.09. The van der Waals surface area contributed by atoms with Crippen molar-refractivity contribution in [3.05, 3.63) is 23.0 Å². The lowest BCUT2D eigenvalue weighted by Crippen LogP contribution is -2.09. The highest BCUT2D eigenvalue weighted by Gasteiger charge is 2.05. The molecule has 0 unspecified atom stereocenters. The summed E-state index contributed by atoms with van der Waals surface area (Å²) in [5, 5.41) is 2.77. The van der Waals surface area contributed by atoms with Gasteiger partial charge in [0.15, 0.2) is 0 Å². The monoisotopic (exact) mass is 214 g/mol. The van der Waals surface area contributed by atoms with Crippen LogP contribution in [0.1, 0.15) is 23.9 Å². The molecule has 1 rings (SSSR count). The van der Waals surface area contributed by atoms with Crippen LogP contribution in [0.15, 0.2) is 6.07 Å². The number of nitrogens with zero attached hydrogens (tertiary/aromatic N) is 1. The number of aromatic nitrogens is 1. The Morgan fingerprint density at radius 2 is 1.93 bits per heavy atom. The number of anilines is 1. The van der Waals surface area contributed by atoms with Crippen LogP contribution >= 0.6 is 12.4 Å². The zero-order valence-electron chi connectivity index (χ0n) is 8.84. The second kappa shape index (κ2) is 4.96. The summed E-state index contributed by atoms with van der Waals surface area (Å²) in [5.74, 6) is -0.0585. The summed E-state index contributed by atoms with van der Waals surface area (Å²) in [6, 6.07) is 1.96. The Hall–Kier alpha value is -1.09. The highest BCUT2D eigenvalue weighted by atomic mass is 35.5. The van der Waals surface area contributed by atoms with Crippen LogP contribution in [0.2, 0.25) is 0 Å². The Labute approximate surface area is 90.3 Å². The van der Waals surface area contributed by atoms with E-state index in [0.29, 0.717) is 0 Å². The van der Waals surface area contributed by atoms with Gasteiger partial charge in [0.25, 0.3) is 0 Å². The van der Waals surface area contributed by atoms with Gasteiger partial charge in [-0.25, -0.2) is 0 Å². The van der Waals surface area contributed by atoms with E-state index >= 15 is 0 Å². The van der Waals surface area contributed by atoms with Crippen LogP contribution < -0.4 is 5.32 Å². The van der Waals surface area contributed by atoms with Gasteiger partial charge in [-0.3, -0.25) is 9.78 Å². The van der Waals surface area contributed by atoms with Gasteiger partial charge in [0.05, 0.1) is 11.4 Å². The van der Waals surface area contributed by atoms with E-state index in [1.807, 2.05) is 26.8 Å². The standard InChI is InChI=1S/C10H14N2O.ClH/c1-6-5-7(2)11-8(3)10(6)12-9(4)13;/h5H,1-4H3,(H,12,13);1H. The van der Waals surface area contributed by atoms with Crippen molar-refractivity contribution in [2.45, 2.75) is 27.7 Å². The Morgan fingerprint density at radius 1 is 1.36 bits per heavy atom. The van der Waals surface area contributed by atoms with Crippen LogP contribution in [-0.2, 0) is 4.79 Å². The van der Waals surface area contributed by atoms with Crippen LogP contribution in [0.25, 0.3) is 0 Å². The van der Waals surface area contributed by atoms with Crippen LogP contribution in [-0.4, -0.2) is 10.9 Å². The second-order valence-corrected chi connectivity index (χ2v) is 3.22. The number of hydrogen-bond acceptors (Lipinski definition) is 2. The molecule has 0 spiro atoms. The maximum atomic E-state index is 10.9. The van der Waals surface area contributed by atoms with Gasteiger partial charge in [-0.15, -0.1) is 12.4 Å². The average Bonchev–Trinajstić information content (AvgIpc) is 1.96. The molecule has 0 aliphatic rings. The van der Waals surface area contributed by atoms with Crippen molar-refractivity contribution < 1.29 is 4.79 Å². The number of rotatable bonds is 1. The van der Waals surface area contributed by atoms with Crippen molar-refractivity contribution in [2.75, 3.05) is 5.32 Å². The van der Waals surface area contributed by atoms with Crippen LogP contribution in [0.3, 0.4) is 0 Å². The zero-order valence-corrected chi connectivity index (χ0v) is 9.66. The fraction of sp³-hybridized carbons (Fsp3) is 0.400. The largest absolute Gasteiger partial charge is 0.325 e. The first kappa shape index (κ1) is 12.9. The summed E-state index contributed by atoms with van der Waals surface area (Å²) in [5.41, 5.74) is 3.73. The molecule has 1 aromatic heterocycles. The second-order valence-electron chi connectivity index (χ2n) is 3.22. The molecule has 78 valence electrons. The van der Waals surface area contributed by atoms with Crippen LogP contribution in [0, 0.1) is 20.8 Å². The van der Waals surface area contributed by atoms with E-state index in [1.54, 1.807) is 0 Å². The van der Waals surface area contributed by atoms with Crippen LogP contribution in [0.4, 0.5) is 5.69 Å². The Bertz CT molecular complexity index is 327. The first-order valence-electron chi connectivity index (χ1n) is 4.23. The molecule has 1 amide bonds. The lowest BCUT2D eigenvalue weighted by molar-refractivity contribution is -0.114. The minimum atomic E-state index is -0.0585. The fourth-order valence-corrected chi connectivity index (χ4v) is 1.39. The minimum absolute atomic E-state index is 0. The molecule has 1 N–H and O–H groups in total. The number of amides is 1. The summed E-state index contributed by atoms with van der Waals surface area (Å²) >= 11 is 0. The first-order chi connectivity index (χ1) is 6.00. The Balaban J connectivity index is 0.00000169. The highest BCUT2D eigenvalue weighted by Crippen LogP contribution is 2.18. The van der Waals surface area contributed by atoms with E-state index in [1.165, 1.54) is 6.92 Å². The third-order valence-corrected chi connectivity index (χ3v) is 1.83. The third kappa shape index (κ3) is 3.00. The van der Waals surface area contributed by atoms with E-state index < -0.39 is 0 Å². The molecule has 0 aliphatic heterocycles. The molecule has 0 aromatic carbocycles. The Kier molecular flexibility index (Phi) is 4.57. The number of nitrogens with one attached hydrogen (secondary N) is 1. The molecule has 0 aliphatic carbocycles. The SMILES string of the molecule is CC(=O)Nc1c(C)cc(C)nc1C.Cl. The van der Waals surface area contributed by atoms with E-state index in [9.17, 15) is 4.79 Å². The van der Waals surface area contributed by atoms with Crippen molar-refractivity contribution in [3.63, 3.8) is 0 Å². The van der Waals surface area contributed by atoms with Crippen molar-refractivity contribution in [1.82, 2.24) is 4.98 Å². The molecule has 1 heterocycles. The van der Waals surface area contributed by atoms with Gasteiger partial charge < -0.3 is 5.32 Å². The smallest absolute Gasteiger partial charge is 0.221 e. The van der Waals surface area contributed by atoms with Gasteiger partial charge in [0, 0.05) is 12.6 Å². The van der Waals surface area contributed by atoms with E-state index in [0.717, 1.165) is 22.6 Å². The molecule has 0 atom stereocenters. The highest BCUT2D eigenvalue weighted by molar-refractivity contribution is 5.90. The molecule has 0 saturated carbocycles. The summed E-state index contributed by atoms with van der Waals surface area (Å²) in [7, 11) is 0. The van der Waals surface area contributed by atoms with E-state index in [-0.39, 0.29) is 18.3 Å². The number of hydrogen-bond donors (Lipinski definition) is 1. The van der Waals surface area contributed by atoms with Gasteiger partial charge in [0.2, 0.25) is 5.91 Å². The molecule has 3 nitrogen and oxygen atoms in total. The van der Waals surface area contributed by atoms with Gasteiger partial charge in [-0.05, 0) is 32.4 Å². The summed E-state index contributed by atoms with van der Waals surface area (Å²) in [4.78, 5) is 15.1. The van der Waals surface area contributed by atoms with Crippen LogP contribution in [0.5, 0.6) is 0 Å². The summed E-state index contributed by atoms with van der Waals surface area (Å²) in [6.07, 6.45) is 0. The molecular weight excluding hydrogens is 200 g/mol. The predicted octanol–water partition coefficient (Wildman–Crippen LogP) is 2.39. The normalized spacial score (nSPS) is 9.14. The van der Waals surface area contributed by atoms with Crippen molar-refractivity contribution in [1.29, 1.82) is 0 Å². The lowest BCUT2D eigenvalue weighted by atomic mass is 10.1. The van der Waals surface area contributed by atoms with Crippen molar-refractivity contribution in [3.8, 4) is 0 Å². The number of aryl methyl sites for hydroxylation is 3.